The lowest BCUT2D eigenvalue weighted by Gasteiger charge is -2.31. The molecule has 0 bridgehead atoms. The predicted octanol–water partition coefficient (Wildman–Crippen LogP) is 0.320. The van der Waals surface area contributed by atoms with Crippen molar-refractivity contribution in [1.82, 2.24) is 14.6 Å². The lowest BCUT2D eigenvalue weighted by Crippen LogP contribution is -3.15. The summed E-state index contributed by atoms with van der Waals surface area (Å²) in [5, 5.41) is 4.05. The Bertz CT molecular complexity index is 797. The number of hydrogen-bond acceptors (Lipinski definition) is 4. The largest absolute Gasteiger partial charge is 0.360 e. The number of nitrogens with one attached hydrogen (secondary N) is 1. The highest BCUT2D eigenvalue weighted by atomic mass is 16.5. The fraction of sp³-hybridized carbons (Fsp3) is 0.500. The SMILES string of the molecule is CC(=O)N1CC[NH+](CC(=O)c2cc(C)n(-c3cc(C)on3)c2C)CC1. The Labute approximate surface area is 147 Å². The Kier molecular flexibility index (Phi) is 4.76. The minimum atomic E-state index is 0.108. The Morgan fingerprint density at radius 3 is 2.44 bits per heavy atom. The molecule has 0 aromatic carbocycles. The fourth-order valence-corrected chi connectivity index (χ4v) is 3.49. The summed E-state index contributed by atoms with van der Waals surface area (Å²) in [4.78, 5) is 27.3. The molecule has 1 aliphatic rings. The third-order valence-corrected chi connectivity index (χ3v) is 4.90. The van der Waals surface area contributed by atoms with Crippen molar-refractivity contribution in [2.45, 2.75) is 27.7 Å². The standard InChI is InChI=1S/C18H24N4O3/c1-12-9-16(14(3)22(12)18-10-13(2)25-19-18)17(24)11-20-5-7-21(8-6-20)15(4)23/h9-10H,5-8,11H2,1-4H3/p+1. The fourth-order valence-electron chi connectivity index (χ4n) is 3.49. The summed E-state index contributed by atoms with van der Waals surface area (Å²) in [7, 11) is 0. The van der Waals surface area contributed by atoms with E-state index in [0.29, 0.717) is 12.4 Å². The Morgan fingerprint density at radius 1 is 1.20 bits per heavy atom. The van der Waals surface area contributed by atoms with Gasteiger partial charge in [0.05, 0.1) is 26.2 Å². The second kappa shape index (κ2) is 6.84. The van der Waals surface area contributed by atoms with Gasteiger partial charge in [-0.25, -0.2) is 0 Å². The third-order valence-electron chi connectivity index (χ3n) is 4.90. The number of quaternary nitrogens is 1. The summed E-state index contributed by atoms with van der Waals surface area (Å²) in [6.07, 6.45) is 0. The van der Waals surface area contributed by atoms with Crippen LogP contribution >= 0.6 is 0 Å². The van der Waals surface area contributed by atoms with Gasteiger partial charge in [0.15, 0.2) is 5.82 Å². The molecule has 3 heterocycles. The van der Waals surface area contributed by atoms with Crippen LogP contribution in [-0.4, -0.2) is 59.0 Å². The monoisotopic (exact) mass is 345 g/mol. The molecule has 0 unspecified atom stereocenters. The van der Waals surface area contributed by atoms with Gasteiger partial charge in [0.2, 0.25) is 11.7 Å². The van der Waals surface area contributed by atoms with E-state index in [0.717, 1.165) is 48.9 Å². The van der Waals surface area contributed by atoms with Crippen LogP contribution in [0.4, 0.5) is 0 Å². The zero-order chi connectivity index (χ0) is 18.1. The molecule has 3 rings (SSSR count). The van der Waals surface area contributed by atoms with Gasteiger partial charge >= 0.3 is 0 Å². The summed E-state index contributed by atoms with van der Waals surface area (Å²) in [5.74, 6) is 1.68. The maximum absolute atomic E-state index is 12.8. The van der Waals surface area contributed by atoms with Crippen molar-refractivity contribution in [3.63, 3.8) is 0 Å². The normalized spacial score (nSPS) is 15.6. The maximum Gasteiger partial charge on any atom is 0.219 e. The smallest absolute Gasteiger partial charge is 0.219 e. The zero-order valence-electron chi connectivity index (χ0n) is 15.3. The van der Waals surface area contributed by atoms with Crippen molar-refractivity contribution >= 4 is 11.7 Å². The van der Waals surface area contributed by atoms with Crippen LogP contribution in [0.3, 0.4) is 0 Å². The predicted molar refractivity (Wildman–Crippen MR) is 92.2 cm³/mol. The third kappa shape index (κ3) is 3.51. The number of amides is 1. The molecule has 0 aliphatic carbocycles. The average Bonchev–Trinajstić information content (AvgIpc) is 3.11. The molecular formula is C18H25N4O3+. The van der Waals surface area contributed by atoms with E-state index < -0.39 is 0 Å². The van der Waals surface area contributed by atoms with Gasteiger partial charge < -0.3 is 14.3 Å². The summed E-state index contributed by atoms with van der Waals surface area (Å²) in [5.41, 5.74) is 2.59. The van der Waals surface area contributed by atoms with Gasteiger partial charge in [0.25, 0.3) is 0 Å². The molecule has 2 aromatic rings. The Hall–Kier alpha value is -2.41. The van der Waals surface area contributed by atoms with Crippen LogP contribution in [0.1, 0.15) is 34.4 Å². The molecule has 25 heavy (non-hydrogen) atoms. The molecule has 1 amide bonds. The Balaban J connectivity index is 1.72. The van der Waals surface area contributed by atoms with E-state index in [-0.39, 0.29) is 11.7 Å². The van der Waals surface area contributed by atoms with E-state index in [4.69, 9.17) is 4.52 Å². The molecule has 2 aromatic heterocycles. The van der Waals surface area contributed by atoms with E-state index in [2.05, 4.69) is 5.16 Å². The van der Waals surface area contributed by atoms with Crippen molar-refractivity contribution in [3.05, 3.63) is 34.8 Å². The summed E-state index contributed by atoms with van der Waals surface area (Å²) in [6, 6.07) is 3.79. The minimum Gasteiger partial charge on any atom is -0.360 e. The van der Waals surface area contributed by atoms with Crippen LogP contribution in [-0.2, 0) is 4.79 Å². The van der Waals surface area contributed by atoms with Crippen molar-refractivity contribution in [1.29, 1.82) is 0 Å². The molecule has 7 nitrogen and oxygen atoms in total. The number of piperazine rings is 1. The molecule has 0 atom stereocenters. The van der Waals surface area contributed by atoms with Crippen molar-refractivity contribution < 1.29 is 19.0 Å². The van der Waals surface area contributed by atoms with Crippen LogP contribution < -0.4 is 4.90 Å². The van der Waals surface area contributed by atoms with Crippen molar-refractivity contribution in [3.8, 4) is 5.82 Å². The minimum absolute atomic E-state index is 0.108. The Morgan fingerprint density at radius 2 is 1.88 bits per heavy atom. The van der Waals surface area contributed by atoms with Crippen LogP contribution in [0, 0.1) is 20.8 Å². The zero-order valence-corrected chi connectivity index (χ0v) is 15.3. The van der Waals surface area contributed by atoms with Gasteiger partial charge in [-0.05, 0) is 26.8 Å². The molecule has 134 valence electrons. The van der Waals surface area contributed by atoms with Crippen LogP contribution in [0.5, 0.6) is 0 Å². The number of hydrogen-bond donors (Lipinski definition) is 1. The molecule has 1 fully saturated rings. The van der Waals surface area contributed by atoms with E-state index in [9.17, 15) is 9.59 Å². The van der Waals surface area contributed by atoms with Gasteiger partial charge in [-0.15, -0.1) is 0 Å². The number of Topliss-reactive ketones (excluding diaryl/α,β-unsaturated/α-hetero) is 1. The van der Waals surface area contributed by atoms with Gasteiger partial charge in [-0.1, -0.05) is 5.16 Å². The highest BCUT2D eigenvalue weighted by molar-refractivity contribution is 5.98. The summed E-state index contributed by atoms with van der Waals surface area (Å²) >= 11 is 0. The molecule has 1 N–H and O–H groups in total. The number of rotatable bonds is 4. The van der Waals surface area contributed by atoms with Gasteiger partial charge in [-0.2, -0.15) is 0 Å². The molecular weight excluding hydrogens is 320 g/mol. The first-order valence-corrected chi connectivity index (χ1v) is 8.61. The lowest BCUT2D eigenvalue weighted by atomic mass is 10.1. The molecule has 0 radical (unpaired) electrons. The molecule has 1 saturated heterocycles. The van der Waals surface area contributed by atoms with Crippen molar-refractivity contribution in [2.75, 3.05) is 32.7 Å². The van der Waals surface area contributed by atoms with Gasteiger partial charge in [0, 0.05) is 29.9 Å². The number of carbonyl (C=O) groups is 2. The van der Waals surface area contributed by atoms with Crippen LogP contribution in [0.25, 0.3) is 5.82 Å². The molecule has 7 heteroatoms. The molecule has 0 spiro atoms. The quantitative estimate of drug-likeness (QED) is 0.810. The first kappa shape index (κ1) is 17.4. The maximum atomic E-state index is 12.8. The lowest BCUT2D eigenvalue weighted by molar-refractivity contribution is -0.895. The number of ketones is 1. The number of carbonyl (C=O) groups excluding carboxylic acids is 2. The second-order valence-corrected chi connectivity index (χ2v) is 6.77. The highest BCUT2D eigenvalue weighted by Crippen LogP contribution is 2.20. The average molecular weight is 345 g/mol. The van der Waals surface area contributed by atoms with E-state index >= 15 is 0 Å². The number of aromatic nitrogens is 2. The summed E-state index contributed by atoms with van der Waals surface area (Å²) in [6.45, 7) is 10.9. The van der Waals surface area contributed by atoms with Crippen molar-refractivity contribution in [2.24, 2.45) is 0 Å². The molecule has 0 saturated carbocycles. The molecule has 1 aliphatic heterocycles. The number of nitrogens with zero attached hydrogens (tertiary/aromatic N) is 3. The highest BCUT2D eigenvalue weighted by Gasteiger charge is 2.26. The van der Waals surface area contributed by atoms with Gasteiger partial charge in [0.1, 0.15) is 12.3 Å². The van der Waals surface area contributed by atoms with Crippen LogP contribution in [0.2, 0.25) is 0 Å². The van der Waals surface area contributed by atoms with E-state index in [1.54, 1.807) is 6.92 Å². The topological polar surface area (TPSA) is 72.8 Å². The first-order chi connectivity index (χ1) is 11.9. The van der Waals surface area contributed by atoms with E-state index in [1.807, 2.05) is 42.4 Å². The number of aryl methyl sites for hydroxylation is 2. The van der Waals surface area contributed by atoms with Gasteiger partial charge in [-0.3, -0.25) is 14.2 Å². The summed E-state index contributed by atoms with van der Waals surface area (Å²) < 4.78 is 7.11. The van der Waals surface area contributed by atoms with E-state index in [1.165, 1.54) is 4.90 Å². The first-order valence-electron chi connectivity index (χ1n) is 8.61. The second-order valence-electron chi connectivity index (χ2n) is 6.77. The van der Waals surface area contributed by atoms with Crippen LogP contribution in [0.15, 0.2) is 16.7 Å².